The molecule has 0 amide bonds. The molecule has 4 nitrogen and oxygen atoms in total. The standard InChI is InChI=1S/C15H16FNO3S/c1-7(2)11-12(17)14(15(18)19)21-13(11)8-4-5-10(20-3)9(16)6-8/h4-7H,17H2,1-3H3,(H,18,19). The highest BCUT2D eigenvalue weighted by Gasteiger charge is 2.23. The lowest BCUT2D eigenvalue weighted by molar-refractivity contribution is 0.0703. The Hall–Kier alpha value is -2.08. The van der Waals surface area contributed by atoms with Crippen molar-refractivity contribution >= 4 is 23.0 Å². The molecule has 1 heterocycles. The van der Waals surface area contributed by atoms with E-state index >= 15 is 0 Å². The van der Waals surface area contributed by atoms with Gasteiger partial charge in [-0.2, -0.15) is 0 Å². The summed E-state index contributed by atoms with van der Waals surface area (Å²) in [5.74, 6) is -1.38. The molecule has 1 aromatic carbocycles. The van der Waals surface area contributed by atoms with Crippen molar-refractivity contribution in [3.63, 3.8) is 0 Å². The third kappa shape index (κ3) is 2.71. The SMILES string of the molecule is COc1ccc(-c2sc(C(=O)O)c(N)c2C(C)C)cc1F. The first-order chi connectivity index (χ1) is 9.86. The molecule has 0 spiro atoms. The second-order valence-electron chi connectivity index (χ2n) is 4.90. The van der Waals surface area contributed by atoms with Crippen LogP contribution in [0, 0.1) is 5.82 Å². The number of thiophene rings is 1. The van der Waals surface area contributed by atoms with Gasteiger partial charge in [0.05, 0.1) is 12.8 Å². The van der Waals surface area contributed by atoms with Crippen LogP contribution in [0.5, 0.6) is 5.75 Å². The average Bonchev–Trinajstić information content (AvgIpc) is 2.76. The van der Waals surface area contributed by atoms with Crippen LogP contribution < -0.4 is 10.5 Å². The molecule has 0 aliphatic rings. The molecule has 2 aromatic rings. The number of carbonyl (C=O) groups is 1. The van der Waals surface area contributed by atoms with Gasteiger partial charge in [-0.3, -0.25) is 0 Å². The molecule has 0 unspecified atom stereocenters. The van der Waals surface area contributed by atoms with Crippen LogP contribution in [-0.2, 0) is 0 Å². The van der Waals surface area contributed by atoms with E-state index in [4.69, 9.17) is 10.5 Å². The van der Waals surface area contributed by atoms with Crippen molar-refractivity contribution in [3.8, 4) is 16.2 Å². The van der Waals surface area contributed by atoms with Gasteiger partial charge in [0.2, 0.25) is 0 Å². The molecule has 21 heavy (non-hydrogen) atoms. The van der Waals surface area contributed by atoms with Gasteiger partial charge in [-0.15, -0.1) is 11.3 Å². The normalized spacial score (nSPS) is 10.9. The Kier molecular flexibility index (Phi) is 4.18. The Balaban J connectivity index is 2.65. The molecular weight excluding hydrogens is 293 g/mol. The third-order valence-corrected chi connectivity index (χ3v) is 4.43. The Morgan fingerprint density at radius 1 is 1.43 bits per heavy atom. The van der Waals surface area contributed by atoms with Crippen molar-refractivity contribution < 1.29 is 19.0 Å². The van der Waals surface area contributed by atoms with Crippen molar-refractivity contribution in [2.24, 2.45) is 0 Å². The van der Waals surface area contributed by atoms with Crippen LogP contribution in [-0.4, -0.2) is 18.2 Å². The number of hydrogen-bond acceptors (Lipinski definition) is 4. The Morgan fingerprint density at radius 2 is 2.10 bits per heavy atom. The fraction of sp³-hybridized carbons (Fsp3) is 0.267. The van der Waals surface area contributed by atoms with E-state index in [0.29, 0.717) is 10.4 Å². The first kappa shape index (κ1) is 15.3. The smallest absolute Gasteiger partial charge is 0.348 e. The number of carboxylic acid groups (broad SMARTS) is 1. The van der Waals surface area contributed by atoms with E-state index in [9.17, 15) is 14.3 Å². The van der Waals surface area contributed by atoms with E-state index in [0.717, 1.165) is 16.9 Å². The summed E-state index contributed by atoms with van der Waals surface area (Å²) in [4.78, 5) is 12.0. The van der Waals surface area contributed by atoms with Crippen molar-refractivity contribution in [3.05, 3.63) is 34.5 Å². The highest BCUT2D eigenvalue weighted by atomic mass is 32.1. The fourth-order valence-electron chi connectivity index (χ4n) is 2.21. The number of benzene rings is 1. The summed E-state index contributed by atoms with van der Waals surface area (Å²) >= 11 is 1.07. The second-order valence-corrected chi connectivity index (χ2v) is 5.92. The Bertz CT molecular complexity index is 694. The topological polar surface area (TPSA) is 72.5 Å². The van der Waals surface area contributed by atoms with Crippen molar-refractivity contribution in [2.45, 2.75) is 19.8 Å². The Morgan fingerprint density at radius 3 is 2.57 bits per heavy atom. The third-order valence-electron chi connectivity index (χ3n) is 3.17. The summed E-state index contributed by atoms with van der Waals surface area (Å²) in [6.07, 6.45) is 0. The lowest BCUT2D eigenvalue weighted by Gasteiger charge is -2.10. The zero-order valence-corrected chi connectivity index (χ0v) is 12.8. The van der Waals surface area contributed by atoms with Gasteiger partial charge in [0.25, 0.3) is 0 Å². The largest absolute Gasteiger partial charge is 0.494 e. The highest BCUT2D eigenvalue weighted by Crippen LogP contribution is 2.43. The lowest BCUT2D eigenvalue weighted by atomic mass is 9.98. The number of hydrogen-bond donors (Lipinski definition) is 2. The fourth-order valence-corrected chi connectivity index (χ4v) is 3.42. The molecule has 112 valence electrons. The first-order valence-electron chi connectivity index (χ1n) is 6.36. The summed E-state index contributed by atoms with van der Waals surface area (Å²) in [7, 11) is 1.39. The summed E-state index contributed by atoms with van der Waals surface area (Å²) < 4.78 is 18.8. The predicted octanol–water partition coefficient (Wildman–Crippen LogP) is 3.97. The molecule has 0 saturated heterocycles. The molecule has 2 rings (SSSR count). The maximum atomic E-state index is 13.9. The van der Waals surface area contributed by atoms with E-state index in [1.807, 2.05) is 13.8 Å². The number of carboxylic acids is 1. The minimum atomic E-state index is -1.07. The maximum absolute atomic E-state index is 13.9. The molecule has 0 saturated carbocycles. The number of halogens is 1. The summed E-state index contributed by atoms with van der Waals surface area (Å²) in [6.45, 7) is 3.85. The van der Waals surface area contributed by atoms with Crippen LogP contribution in [0.1, 0.15) is 35.0 Å². The lowest BCUT2D eigenvalue weighted by Crippen LogP contribution is -2.00. The molecule has 0 fully saturated rings. The number of ether oxygens (including phenoxy) is 1. The van der Waals surface area contributed by atoms with Crippen LogP contribution >= 0.6 is 11.3 Å². The second kappa shape index (κ2) is 5.73. The highest BCUT2D eigenvalue weighted by molar-refractivity contribution is 7.18. The van der Waals surface area contributed by atoms with Gasteiger partial charge in [0.1, 0.15) is 4.88 Å². The molecule has 0 atom stereocenters. The average molecular weight is 309 g/mol. The monoisotopic (exact) mass is 309 g/mol. The predicted molar refractivity (Wildman–Crippen MR) is 81.7 cm³/mol. The van der Waals surface area contributed by atoms with Crippen molar-refractivity contribution in [1.82, 2.24) is 0 Å². The van der Waals surface area contributed by atoms with Crippen molar-refractivity contribution in [1.29, 1.82) is 0 Å². The molecular formula is C15H16FNO3S. The quantitative estimate of drug-likeness (QED) is 0.896. The number of methoxy groups -OCH3 is 1. The molecule has 0 bridgehead atoms. The molecule has 3 N–H and O–H groups in total. The summed E-state index contributed by atoms with van der Waals surface area (Å²) in [5.41, 5.74) is 7.54. The van der Waals surface area contributed by atoms with Gasteiger partial charge in [-0.25, -0.2) is 9.18 Å². The van der Waals surface area contributed by atoms with Gasteiger partial charge in [0, 0.05) is 4.88 Å². The minimum Gasteiger partial charge on any atom is -0.494 e. The van der Waals surface area contributed by atoms with Crippen LogP contribution in [0.4, 0.5) is 10.1 Å². The van der Waals surface area contributed by atoms with Crippen LogP contribution in [0.3, 0.4) is 0 Å². The number of aromatic carboxylic acids is 1. The van der Waals surface area contributed by atoms with Gasteiger partial charge in [0.15, 0.2) is 11.6 Å². The Labute approximate surface area is 126 Å². The number of rotatable bonds is 4. The van der Waals surface area contributed by atoms with E-state index in [-0.39, 0.29) is 22.2 Å². The van der Waals surface area contributed by atoms with E-state index < -0.39 is 11.8 Å². The number of nitrogens with two attached hydrogens (primary N) is 1. The van der Waals surface area contributed by atoms with Gasteiger partial charge in [-0.1, -0.05) is 13.8 Å². The van der Waals surface area contributed by atoms with E-state index in [1.165, 1.54) is 19.2 Å². The van der Waals surface area contributed by atoms with Crippen molar-refractivity contribution in [2.75, 3.05) is 12.8 Å². The zero-order valence-electron chi connectivity index (χ0n) is 11.9. The van der Waals surface area contributed by atoms with Gasteiger partial charge < -0.3 is 15.6 Å². The molecule has 0 aliphatic carbocycles. The molecule has 6 heteroatoms. The van der Waals surface area contributed by atoms with E-state index in [2.05, 4.69) is 0 Å². The molecule has 0 radical (unpaired) electrons. The number of anilines is 1. The maximum Gasteiger partial charge on any atom is 0.348 e. The number of nitrogen functional groups attached to an aromatic ring is 1. The van der Waals surface area contributed by atoms with Gasteiger partial charge in [-0.05, 0) is 35.2 Å². The summed E-state index contributed by atoms with van der Waals surface area (Å²) in [5, 5.41) is 9.21. The van der Waals surface area contributed by atoms with Crippen LogP contribution in [0.2, 0.25) is 0 Å². The zero-order chi connectivity index (χ0) is 15.7. The molecule has 0 aliphatic heterocycles. The minimum absolute atomic E-state index is 0.0366. The van der Waals surface area contributed by atoms with Gasteiger partial charge >= 0.3 is 5.97 Å². The van der Waals surface area contributed by atoms with Crippen LogP contribution in [0.25, 0.3) is 10.4 Å². The summed E-state index contributed by atoms with van der Waals surface area (Å²) in [6, 6.07) is 4.55. The van der Waals surface area contributed by atoms with Crippen LogP contribution in [0.15, 0.2) is 18.2 Å². The molecule has 1 aromatic heterocycles. The van der Waals surface area contributed by atoms with E-state index in [1.54, 1.807) is 6.07 Å². The first-order valence-corrected chi connectivity index (χ1v) is 7.17.